The largest absolute Gasteiger partial charge is 0.481 e. The first-order valence-electron chi connectivity index (χ1n) is 9.25. The van der Waals surface area contributed by atoms with Crippen LogP contribution in [0.2, 0.25) is 0 Å². The molecule has 1 aromatic carbocycles. The van der Waals surface area contributed by atoms with E-state index in [1.54, 1.807) is 0 Å². The highest BCUT2D eigenvalue weighted by Crippen LogP contribution is 2.34. The molecule has 26 heavy (non-hydrogen) atoms. The lowest BCUT2D eigenvalue weighted by molar-refractivity contribution is -0.146. The first-order valence-corrected chi connectivity index (χ1v) is 9.25. The Kier molecular flexibility index (Phi) is 5.57. The SMILES string of the molecule is CCC(N1CCN(c2ccncc2)CC1)C(C)(C(=O)O)c1ccccc1. The van der Waals surface area contributed by atoms with Crippen molar-refractivity contribution in [1.82, 2.24) is 9.88 Å². The number of benzene rings is 1. The number of carbonyl (C=O) groups is 1. The molecule has 2 atom stereocenters. The van der Waals surface area contributed by atoms with Crippen molar-refractivity contribution in [3.8, 4) is 0 Å². The summed E-state index contributed by atoms with van der Waals surface area (Å²) >= 11 is 0. The predicted octanol–water partition coefficient (Wildman–Crippen LogP) is 3.02. The van der Waals surface area contributed by atoms with Gasteiger partial charge in [-0.15, -0.1) is 0 Å². The third-order valence-electron chi connectivity index (χ3n) is 5.65. The molecule has 1 N–H and O–H groups in total. The molecule has 1 aliphatic heterocycles. The summed E-state index contributed by atoms with van der Waals surface area (Å²) in [5, 5.41) is 10.1. The number of carboxylic acid groups (broad SMARTS) is 1. The van der Waals surface area contributed by atoms with Crippen LogP contribution in [0.3, 0.4) is 0 Å². The van der Waals surface area contributed by atoms with Gasteiger partial charge < -0.3 is 10.0 Å². The van der Waals surface area contributed by atoms with Crippen molar-refractivity contribution in [2.45, 2.75) is 31.7 Å². The van der Waals surface area contributed by atoms with Crippen molar-refractivity contribution in [3.63, 3.8) is 0 Å². The summed E-state index contributed by atoms with van der Waals surface area (Å²) in [6.07, 6.45) is 4.42. The second-order valence-corrected chi connectivity index (χ2v) is 7.03. The maximum absolute atomic E-state index is 12.3. The Balaban J connectivity index is 1.79. The molecule has 1 aliphatic rings. The Labute approximate surface area is 155 Å². The number of nitrogens with zero attached hydrogens (tertiary/aromatic N) is 3. The highest BCUT2D eigenvalue weighted by molar-refractivity contribution is 5.82. The van der Waals surface area contributed by atoms with E-state index >= 15 is 0 Å². The number of hydrogen-bond donors (Lipinski definition) is 1. The van der Waals surface area contributed by atoms with Gasteiger partial charge in [-0.25, -0.2) is 0 Å². The standard InChI is InChI=1S/C21H27N3O2/c1-3-19(21(2,20(25)26)17-7-5-4-6-8-17)24-15-13-23(14-16-24)18-9-11-22-12-10-18/h4-12,19H,3,13-16H2,1-2H3,(H,25,26). The van der Waals surface area contributed by atoms with Crippen molar-refractivity contribution in [3.05, 3.63) is 60.4 Å². The summed E-state index contributed by atoms with van der Waals surface area (Å²) < 4.78 is 0. The highest BCUT2D eigenvalue weighted by Gasteiger charge is 2.45. The molecule has 1 fully saturated rings. The summed E-state index contributed by atoms with van der Waals surface area (Å²) in [6.45, 7) is 7.46. The summed E-state index contributed by atoms with van der Waals surface area (Å²) in [7, 11) is 0. The molecular formula is C21H27N3O2. The zero-order valence-electron chi connectivity index (χ0n) is 15.5. The fourth-order valence-corrected chi connectivity index (χ4v) is 4.12. The van der Waals surface area contributed by atoms with Crippen molar-refractivity contribution in [2.24, 2.45) is 0 Å². The van der Waals surface area contributed by atoms with E-state index in [1.165, 1.54) is 5.69 Å². The lowest BCUT2D eigenvalue weighted by Gasteiger charge is -2.45. The second kappa shape index (κ2) is 7.87. The first kappa shape index (κ1) is 18.4. The number of aromatic nitrogens is 1. The Morgan fingerprint density at radius 3 is 2.27 bits per heavy atom. The van der Waals surface area contributed by atoms with Gasteiger partial charge in [0.25, 0.3) is 0 Å². The fraction of sp³-hybridized carbons (Fsp3) is 0.429. The van der Waals surface area contributed by atoms with Gasteiger partial charge in [-0.1, -0.05) is 37.3 Å². The van der Waals surface area contributed by atoms with Gasteiger partial charge in [0.1, 0.15) is 5.41 Å². The summed E-state index contributed by atoms with van der Waals surface area (Å²) in [6, 6.07) is 13.7. The lowest BCUT2D eigenvalue weighted by atomic mass is 9.74. The monoisotopic (exact) mass is 353 g/mol. The van der Waals surface area contributed by atoms with Crippen LogP contribution < -0.4 is 4.90 Å². The highest BCUT2D eigenvalue weighted by atomic mass is 16.4. The van der Waals surface area contributed by atoms with Crippen LogP contribution in [0.5, 0.6) is 0 Å². The van der Waals surface area contributed by atoms with E-state index in [0.717, 1.165) is 38.2 Å². The zero-order valence-corrected chi connectivity index (χ0v) is 15.5. The van der Waals surface area contributed by atoms with Gasteiger partial charge in [0.15, 0.2) is 0 Å². The molecule has 1 aromatic heterocycles. The van der Waals surface area contributed by atoms with E-state index in [9.17, 15) is 9.90 Å². The number of piperazine rings is 1. The summed E-state index contributed by atoms with van der Waals surface area (Å²) in [5.74, 6) is -0.757. The van der Waals surface area contributed by atoms with Crippen LogP contribution in [0.25, 0.3) is 0 Å². The Morgan fingerprint density at radius 1 is 1.12 bits per heavy atom. The molecule has 2 unspecified atom stereocenters. The molecule has 3 rings (SSSR count). The van der Waals surface area contributed by atoms with E-state index in [0.29, 0.717) is 0 Å². The predicted molar refractivity (Wildman–Crippen MR) is 104 cm³/mol. The van der Waals surface area contributed by atoms with Crippen LogP contribution in [0.1, 0.15) is 25.8 Å². The van der Waals surface area contributed by atoms with E-state index in [4.69, 9.17) is 0 Å². The molecule has 2 heterocycles. The number of rotatable bonds is 6. The molecule has 5 heteroatoms. The first-order chi connectivity index (χ1) is 12.6. The van der Waals surface area contributed by atoms with E-state index in [2.05, 4.69) is 21.7 Å². The molecule has 0 amide bonds. The van der Waals surface area contributed by atoms with Gasteiger partial charge in [0, 0.05) is 50.3 Å². The molecule has 1 saturated heterocycles. The van der Waals surface area contributed by atoms with Gasteiger partial charge >= 0.3 is 5.97 Å². The average molecular weight is 353 g/mol. The normalized spacial score (nSPS) is 18.9. The van der Waals surface area contributed by atoms with Gasteiger partial charge in [-0.3, -0.25) is 14.7 Å². The number of carboxylic acids is 1. The fourth-order valence-electron chi connectivity index (χ4n) is 4.12. The Bertz CT molecular complexity index is 715. The third-order valence-corrected chi connectivity index (χ3v) is 5.65. The maximum Gasteiger partial charge on any atom is 0.315 e. The smallest absolute Gasteiger partial charge is 0.315 e. The quantitative estimate of drug-likeness (QED) is 0.865. The molecule has 138 valence electrons. The van der Waals surface area contributed by atoms with Crippen LogP contribution in [-0.2, 0) is 10.2 Å². The van der Waals surface area contributed by atoms with Crippen molar-refractivity contribution >= 4 is 11.7 Å². The Hall–Kier alpha value is -2.40. The van der Waals surface area contributed by atoms with Crippen LogP contribution >= 0.6 is 0 Å². The van der Waals surface area contributed by atoms with E-state index in [1.807, 2.05) is 61.8 Å². The third kappa shape index (κ3) is 3.44. The number of aliphatic carboxylic acids is 1. The van der Waals surface area contributed by atoms with Gasteiger partial charge in [0.2, 0.25) is 0 Å². The molecule has 2 aromatic rings. The maximum atomic E-state index is 12.3. The number of anilines is 1. The van der Waals surface area contributed by atoms with Crippen LogP contribution in [0.15, 0.2) is 54.9 Å². The average Bonchev–Trinajstić information content (AvgIpc) is 2.70. The Morgan fingerprint density at radius 2 is 1.73 bits per heavy atom. The van der Waals surface area contributed by atoms with Gasteiger partial charge in [0.05, 0.1) is 0 Å². The minimum Gasteiger partial charge on any atom is -0.481 e. The lowest BCUT2D eigenvalue weighted by Crippen LogP contribution is -2.58. The van der Waals surface area contributed by atoms with Crippen molar-refractivity contribution < 1.29 is 9.90 Å². The minimum absolute atomic E-state index is 0.0398. The van der Waals surface area contributed by atoms with Crippen LogP contribution in [-0.4, -0.2) is 53.2 Å². The van der Waals surface area contributed by atoms with E-state index in [-0.39, 0.29) is 6.04 Å². The van der Waals surface area contributed by atoms with Crippen LogP contribution in [0.4, 0.5) is 5.69 Å². The summed E-state index contributed by atoms with van der Waals surface area (Å²) in [5.41, 5.74) is 1.13. The molecule has 0 saturated carbocycles. The number of hydrogen-bond acceptors (Lipinski definition) is 4. The van der Waals surface area contributed by atoms with Gasteiger partial charge in [-0.2, -0.15) is 0 Å². The van der Waals surface area contributed by atoms with Crippen molar-refractivity contribution in [1.29, 1.82) is 0 Å². The molecular weight excluding hydrogens is 326 g/mol. The van der Waals surface area contributed by atoms with E-state index < -0.39 is 11.4 Å². The topological polar surface area (TPSA) is 56.7 Å². The molecule has 0 radical (unpaired) electrons. The van der Waals surface area contributed by atoms with Gasteiger partial charge in [-0.05, 0) is 31.0 Å². The van der Waals surface area contributed by atoms with Crippen LogP contribution in [0, 0.1) is 0 Å². The molecule has 0 bridgehead atoms. The zero-order chi connectivity index (χ0) is 18.6. The summed E-state index contributed by atoms with van der Waals surface area (Å²) in [4.78, 5) is 21.1. The molecule has 0 spiro atoms. The second-order valence-electron chi connectivity index (χ2n) is 7.03. The molecule has 5 nitrogen and oxygen atoms in total. The minimum atomic E-state index is -0.922. The molecule has 0 aliphatic carbocycles. The van der Waals surface area contributed by atoms with Crippen molar-refractivity contribution in [2.75, 3.05) is 31.1 Å². The number of pyridine rings is 1.